The third kappa shape index (κ3) is 2.78. The van der Waals surface area contributed by atoms with Gasteiger partial charge in [-0.3, -0.25) is 9.59 Å². The van der Waals surface area contributed by atoms with Crippen molar-refractivity contribution in [1.29, 1.82) is 0 Å². The van der Waals surface area contributed by atoms with E-state index in [1.165, 1.54) is 12.3 Å². The van der Waals surface area contributed by atoms with Gasteiger partial charge >= 0.3 is 0 Å². The fourth-order valence-electron chi connectivity index (χ4n) is 1.44. The van der Waals surface area contributed by atoms with Crippen LogP contribution in [0.4, 0.5) is 0 Å². The average molecular weight is 264 g/mol. The van der Waals surface area contributed by atoms with Crippen LogP contribution in [0.3, 0.4) is 0 Å². The van der Waals surface area contributed by atoms with E-state index in [-0.39, 0.29) is 23.1 Å². The quantitative estimate of drug-likeness (QED) is 0.863. The molecule has 1 aromatic heterocycles. The summed E-state index contributed by atoms with van der Waals surface area (Å²) in [6, 6.07) is 10.2. The predicted octanol–water partition coefficient (Wildman–Crippen LogP) is 2.55. The van der Waals surface area contributed by atoms with Crippen molar-refractivity contribution in [3.05, 3.63) is 59.0 Å². The highest BCUT2D eigenvalue weighted by molar-refractivity contribution is 6.32. The van der Waals surface area contributed by atoms with Crippen LogP contribution in [0.2, 0.25) is 5.22 Å². The molecule has 0 aliphatic carbocycles. The number of benzene rings is 1. The molecule has 0 atom stereocenters. The topological polar surface area (TPSA) is 59.3 Å². The molecule has 0 unspecified atom stereocenters. The lowest BCUT2D eigenvalue weighted by atomic mass is 10.1. The van der Waals surface area contributed by atoms with Gasteiger partial charge in [0, 0.05) is 5.56 Å². The number of rotatable bonds is 4. The standard InChI is InChI=1S/C13H10ClNO3/c14-12-10(6-7-18-12)13(17)15-8-11(16)9-4-2-1-3-5-9/h1-7H,8H2,(H,15,17). The van der Waals surface area contributed by atoms with E-state index in [0.29, 0.717) is 5.56 Å². The number of hydrogen-bond donors (Lipinski definition) is 1. The van der Waals surface area contributed by atoms with Crippen molar-refractivity contribution in [2.45, 2.75) is 0 Å². The molecule has 92 valence electrons. The van der Waals surface area contributed by atoms with E-state index in [1.54, 1.807) is 24.3 Å². The minimum atomic E-state index is -0.432. The molecule has 0 radical (unpaired) electrons. The summed E-state index contributed by atoms with van der Waals surface area (Å²) in [4.78, 5) is 23.4. The van der Waals surface area contributed by atoms with Crippen molar-refractivity contribution >= 4 is 23.3 Å². The Labute approximate surface area is 109 Å². The molecule has 1 amide bonds. The minimum absolute atomic E-state index is 0.0136. The molecule has 1 heterocycles. The molecule has 0 fully saturated rings. The lowest BCUT2D eigenvalue weighted by Gasteiger charge is -2.03. The third-order valence-corrected chi connectivity index (χ3v) is 2.66. The monoisotopic (exact) mass is 263 g/mol. The Morgan fingerprint density at radius 1 is 1.17 bits per heavy atom. The van der Waals surface area contributed by atoms with E-state index in [2.05, 4.69) is 5.32 Å². The van der Waals surface area contributed by atoms with Gasteiger partial charge in [-0.25, -0.2) is 0 Å². The molecule has 1 N–H and O–H groups in total. The highest BCUT2D eigenvalue weighted by atomic mass is 35.5. The smallest absolute Gasteiger partial charge is 0.256 e. The molecule has 0 saturated heterocycles. The van der Waals surface area contributed by atoms with Gasteiger partial charge in [0.2, 0.25) is 5.22 Å². The van der Waals surface area contributed by atoms with E-state index in [4.69, 9.17) is 16.0 Å². The maximum atomic E-state index is 11.7. The average Bonchev–Trinajstić information content (AvgIpc) is 2.83. The van der Waals surface area contributed by atoms with Crippen LogP contribution in [0.5, 0.6) is 0 Å². The van der Waals surface area contributed by atoms with Gasteiger partial charge in [0.1, 0.15) is 0 Å². The van der Waals surface area contributed by atoms with Crippen molar-refractivity contribution in [3.8, 4) is 0 Å². The largest absolute Gasteiger partial charge is 0.452 e. The van der Waals surface area contributed by atoms with Crippen LogP contribution in [0, 0.1) is 0 Å². The summed E-state index contributed by atoms with van der Waals surface area (Å²) in [7, 11) is 0. The Bertz CT molecular complexity index is 563. The second-order valence-corrected chi connectivity index (χ2v) is 3.92. The number of Topliss-reactive ketones (excluding diaryl/α,β-unsaturated/α-hetero) is 1. The number of carbonyl (C=O) groups is 2. The van der Waals surface area contributed by atoms with Crippen LogP contribution >= 0.6 is 11.6 Å². The first-order chi connectivity index (χ1) is 8.68. The molecular formula is C13H10ClNO3. The molecule has 18 heavy (non-hydrogen) atoms. The first kappa shape index (κ1) is 12.4. The molecule has 0 spiro atoms. The third-order valence-electron chi connectivity index (χ3n) is 2.37. The lowest BCUT2D eigenvalue weighted by Crippen LogP contribution is -2.29. The van der Waals surface area contributed by atoms with Gasteiger partial charge in [0.05, 0.1) is 18.4 Å². The van der Waals surface area contributed by atoms with Gasteiger partial charge in [-0.1, -0.05) is 30.3 Å². The zero-order chi connectivity index (χ0) is 13.0. The minimum Gasteiger partial charge on any atom is -0.452 e. The Kier molecular flexibility index (Phi) is 3.79. The summed E-state index contributed by atoms with van der Waals surface area (Å²) in [5, 5.41) is 2.50. The molecule has 1 aromatic carbocycles. The van der Waals surface area contributed by atoms with Gasteiger partial charge in [-0.15, -0.1) is 0 Å². The number of ketones is 1. The summed E-state index contributed by atoms with van der Waals surface area (Å²) in [6.07, 6.45) is 1.32. The zero-order valence-corrected chi connectivity index (χ0v) is 10.1. The molecule has 4 nitrogen and oxygen atoms in total. The molecule has 2 aromatic rings. The molecular weight excluding hydrogens is 254 g/mol. The number of amides is 1. The Balaban J connectivity index is 1.95. The summed E-state index contributed by atoms with van der Waals surface area (Å²) in [5.74, 6) is -0.596. The van der Waals surface area contributed by atoms with Crippen LogP contribution in [0.15, 0.2) is 47.1 Å². The molecule has 0 aliphatic heterocycles. The van der Waals surface area contributed by atoms with Gasteiger partial charge in [0.15, 0.2) is 5.78 Å². The van der Waals surface area contributed by atoms with E-state index in [1.807, 2.05) is 6.07 Å². The van der Waals surface area contributed by atoms with Crippen LogP contribution in [-0.4, -0.2) is 18.2 Å². The molecule has 5 heteroatoms. The van der Waals surface area contributed by atoms with Gasteiger partial charge in [-0.05, 0) is 17.7 Å². The van der Waals surface area contributed by atoms with Gasteiger partial charge < -0.3 is 9.73 Å². The number of furan rings is 1. The van der Waals surface area contributed by atoms with Gasteiger partial charge in [-0.2, -0.15) is 0 Å². The van der Waals surface area contributed by atoms with Crippen molar-refractivity contribution in [1.82, 2.24) is 5.32 Å². The van der Waals surface area contributed by atoms with Gasteiger partial charge in [0.25, 0.3) is 5.91 Å². The van der Waals surface area contributed by atoms with E-state index in [9.17, 15) is 9.59 Å². The normalized spacial score (nSPS) is 10.1. The number of halogens is 1. The molecule has 2 rings (SSSR count). The van der Waals surface area contributed by atoms with Crippen LogP contribution in [0.25, 0.3) is 0 Å². The lowest BCUT2D eigenvalue weighted by molar-refractivity contribution is 0.0903. The predicted molar refractivity (Wildman–Crippen MR) is 66.8 cm³/mol. The Morgan fingerprint density at radius 3 is 2.50 bits per heavy atom. The van der Waals surface area contributed by atoms with Crippen molar-refractivity contribution in [2.24, 2.45) is 0 Å². The first-order valence-electron chi connectivity index (χ1n) is 5.28. The summed E-state index contributed by atoms with van der Waals surface area (Å²) in [5.41, 5.74) is 0.772. The Hall–Kier alpha value is -2.07. The highest BCUT2D eigenvalue weighted by Crippen LogP contribution is 2.16. The second kappa shape index (κ2) is 5.51. The van der Waals surface area contributed by atoms with E-state index >= 15 is 0 Å². The van der Waals surface area contributed by atoms with Crippen LogP contribution in [0.1, 0.15) is 20.7 Å². The first-order valence-corrected chi connectivity index (χ1v) is 5.65. The summed E-state index contributed by atoms with van der Waals surface area (Å²) < 4.78 is 4.80. The summed E-state index contributed by atoms with van der Waals surface area (Å²) in [6.45, 7) is -0.0790. The number of nitrogens with one attached hydrogen (secondary N) is 1. The van der Waals surface area contributed by atoms with E-state index < -0.39 is 5.91 Å². The SMILES string of the molecule is O=C(CNC(=O)c1ccoc1Cl)c1ccccc1. The fraction of sp³-hybridized carbons (Fsp3) is 0.0769. The number of carbonyl (C=O) groups excluding carboxylic acids is 2. The van der Waals surface area contributed by atoms with E-state index in [0.717, 1.165) is 0 Å². The second-order valence-electron chi connectivity index (χ2n) is 3.58. The summed E-state index contributed by atoms with van der Waals surface area (Å²) >= 11 is 5.65. The van der Waals surface area contributed by atoms with Crippen molar-refractivity contribution in [2.75, 3.05) is 6.54 Å². The zero-order valence-electron chi connectivity index (χ0n) is 9.35. The maximum Gasteiger partial charge on any atom is 0.256 e. The maximum absolute atomic E-state index is 11.7. The molecule has 0 bridgehead atoms. The Morgan fingerprint density at radius 2 is 1.89 bits per heavy atom. The number of hydrogen-bond acceptors (Lipinski definition) is 3. The highest BCUT2D eigenvalue weighted by Gasteiger charge is 2.14. The fourth-order valence-corrected chi connectivity index (χ4v) is 1.64. The van der Waals surface area contributed by atoms with Crippen molar-refractivity contribution < 1.29 is 14.0 Å². The van der Waals surface area contributed by atoms with Crippen LogP contribution < -0.4 is 5.32 Å². The molecule has 0 saturated carbocycles. The molecule has 0 aliphatic rings. The van der Waals surface area contributed by atoms with Crippen LogP contribution in [-0.2, 0) is 0 Å². The van der Waals surface area contributed by atoms with Crippen molar-refractivity contribution in [3.63, 3.8) is 0 Å².